The standard InChI is InChI=1S/C9H10O4S/c1-2-13-8-3-5-9(6-4-8)14(11,12)7-10/h3-7H,2H2,1H3. The average Bonchev–Trinajstić information content (AvgIpc) is 2.19. The fraction of sp³-hybridized carbons (Fsp3) is 0.222. The molecule has 1 rings (SSSR count). The molecule has 0 aliphatic carbocycles. The maximum Gasteiger partial charge on any atom is 0.238 e. The second-order valence-electron chi connectivity index (χ2n) is 2.55. The highest BCUT2D eigenvalue weighted by Gasteiger charge is 2.11. The van der Waals surface area contributed by atoms with Crippen molar-refractivity contribution in [2.75, 3.05) is 6.61 Å². The summed E-state index contributed by atoms with van der Waals surface area (Å²) in [6.07, 6.45) is 0. The summed E-state index contributed by atoms with van der Waals surface area (Å²) < 4.78 is 27.2. The molecular weight excluding hydrogens is 204 g/mol. The van der Waals surface area contributed by atoms with Crippen LogP contribution in [0, 0.1) is 0 Å². The Morgan fingerprint density at radius 3 is 2.29 bits per heavy atom. The van der Waals surface area contributed by atoms with E-state index in [1.807, 2.05) is 6.92 Å². The molecule has 0 unspecified atom stereocenters. The normalized spacial score (nSPS) is 10.9. The quantitative estimate of drug-likeness (QED) is 0.703. The lowest BCUT2D eigenvalue weighted by atomic mass is 10.3. The minimum absolute atomic E-state index is 0.0176. The van der Waals surface area contributed by atoms with Crippen molar-refractivity contribution < 1.29 is 17.9 Å². The molecule has 0 saturated carbocycles. The van der Waals surface area contributed by atoms with Crippen LogP contribution in [0.5, 0.6) is 5.75 Å². The molecule has 14 heavy (non-hydrogen) atoms. The number of hydrogen-bond donors (Lipinski definition) is 0. The second-order valence-corrected chi connectivity index (χ2v) is 4.30. The molecule has 5 heteroatoms. The number of carbonyl (C=O) groups excluding carboxylic acids is 1. The molecule has 0 saturated heterocycles. The van der Waals surface area contributed by atoms with Gasteiger partial charge in [-0.2, -0.15) is 0 Å². The molecule has 76 valence electrons. The lowest BCUT2D eigenvalue weighted by molar-refractivity contribution is 0.340. The van der Waals surface area contributed by atoms with Crippen molar-refractivity contribution in [1.29, 1.82) is 0 Å². The zero-order valence-corrected chi connectivity index (χ0v) is 8.45. The van der Waals surface area contributed by atoms with Crippen molar-refractivity contribution in [2.24, 2.45) is 0 Å². The molecule has 0 aliphatic heterocycles. The molecular formula is C9H10O4S. The minimum atomic E-state index is -3.77. The number of hydrogen-bond acceptors (Lipinski definition) is 4. The molecule has 0 fully saturated rings. The molecule has 0 spiro atoms. The predicted molar refractivity (Wildman–Crippen MR) is 51.5 cm³/mol. The highest BCUT2D eigenvalue weighted by Crippen LogP contribution is 2.15. The Kier molecular flexibility index (Phi) is 3.24. The summed E-state index contributed by atoms with van der Waals surface area (Å²) in [6.45, 7) is 2.34. The van der Waals surface area contributed by atoms with Gasteiger partial charge in [-0.3, -0.25) is 4.79 Å². The van der Waals surface area contributed by atoms with Gasteiger partial charge in [0.2, 0.25) is 15.5 Å². The zero-order chi connectivity index (χ0) is 10.6. The van der Waals surface area contributed by atoms with E-state index in [-0.39, 0.29) is 10.5 Å². The van der Waals surface area contributed by atoms with Crippen LogP contribution in [-0.4, -0.2) is 20.6 Å². The van der Waals surface area contributed by atoms with Gasteiger partial charge in [-0.25, -0.2) is 8.42 Å². The molecule has 0 aliphatic rings. The Morgan fingerprint density at radius 2 is 1.86 bits per heavy atom. The van der Waals surface area contributed by atoms with Gasteiger partial charge in [-0.15, -0.1) is 0 Å². The van der Waals surface area contributed by atoms with Gasteiger partial charge in [-0.1, -0.05) is 0 Å². The highest BCUT2D eigenvalue weighted by atomic mass is 32.2. The second kappa shape index (κ2) is 4.23. The first-order valence-electron chi connectivity index (χ1n) is 4.03. The Bertz CT molecular complexity index is 405. The van der Waals surface area contributed by atoms with Crippen LogP contribution >= 0.6 is 0 Å². The maximum atomic E-state index is 11.1. The van der Waals surface area contributed by atoms with Crippen LogP contribution in [-0.2, 0) is 14.6 Å². The third kappa shape index (κ3) is 2.32. The van der Waals surface area contributed by atoms with Gasteiger partial charge >= 0.3 is 0 Å². The predicted octanol–water partition coefficient (Wildman–Crippen LogP) is 1.05. The number of rotatable bonds is 4. The molecule has 0 aromatic heterocycles. The summed E-state index contributed by atoms with van der Waals surface area (Å²) in [6, 6.07) is 5.71. The van der Waals surface area contributed by atoms with Crippen molar-refractivity contribution in [3.63, 3.8) is 0 Å². The monoisotopic (exact) mass is 214 g/mol. The van der Waals surface area contributed by atoms with Crippen LogP contribution in [0.4, 0.5) is 0 Å². The Labute approximate surface area is 82.4 Å². The van der Waals surface area contributed by atoms with E-state index in [0.29, 0.717) is 12.4 Å². The summed E-state index contributed by atoms with van der Waals surface area (Å²) in [5.74, 6) is 0.581. The molecule has 4 nitrogen and oxygen atoms in total. The topological polar surface area (TPSA) is 60.4 Å². The third-order valence-electron chi connectivity index (χ3n) is 1.59. The van der Waals surface area contributed by atoms with E-state index in [0.717, 1.165) is 0 Å². The van der Waals surface area contributed by atoms with Gasteiger partial charge in [0.1, 0.15) is 5.75 Å². The Balaban J connectivity index is 3.00. The van der Waals surface area contributed by atoms with E-state index >= 15 is 0 Å². The first-order chi connectivity index (χ1) is 6.60. The van der Waals surface area contributed by atoms with Crippen LogP contribution in [0.15, 0.2) is 29.2 Å². The van der Waals surface area contributed by atoms with Crippen LogP contribution in [0.2, 0.25) is 0 Å². The smallest absolute Gasteiger partial charge is 0.238 e. The van der Waals surface area contributed by atoms with E-state index in [9.17, 15) is 13.2 Å². The molecule has 1 aromatic rings. The molecule has 0 bridgehead atoms. The van der Waals surface area contributed by atoms with Gasteiger partial charge in [0.15, 0.2) is 0 Å². The van der Waals surface area contributed by atoms with E-state index in [2.05, 4.69) is 0 Å². The van der Waals surface area contributed by atoms with E-state index in [4.69, 9.17) is 4.74 Å². The lowest BCUT2D eigenvalue weighted by Crippen LogP contribution is -2.01. The van der Waals surface area contributed by atoms with E-state index < -0.39 is 9.84 Å². The molecule has 0 atom stereocenters. The fourth-order valence-electron chi connectivity index (χ4n) is 0.948. The average molecular weight is 214 g/mol. The van der Waals surface area contributed by atoms with Crippen LogP contribution < -0.4 is 4.74 Å². The van der Waals surface area contributed by atoms with E-state index in [1.165, 1.54) is 24.3 Å². The Hall–Kier alpha value is -1.36. The molecule has 1 aromatic carbocycles. The van der Waals surface area contributed by atoms with Crippen LogP contribution in [0.3, 0.4) is 0 Å². The molecule has 0 heterocycles. The molecule has 0 N–H and O–H groups in total. The summed E-state index contributed by atoms with van der Waals surface area (Å²) in [7, 11) is -3.77. The number of ether oxygens (including phenoxy) is 1. The van der Waals surface area contributed by atoms with Gasteiger partial charge < -0.3 is 4.74 Å². The molecule has 0 radical (unpaired) electrons. The van der Waals surface area contributed by atoms with E-state index in [1.54, 1.807) is 0 Å². The number of benzene rings is 1. The summed E-state index contributed by atoms with van der Waals surface area (Å²) in [5, 5.41) is 0. The molecule has 0 amide bonds. The van der Waals surface area contributed by atoms with Gasteiger partial charge in [-0.05, 0) is 31.2 Å². The van der Waals surface area contributed by atoms with Crippen LogP contribution in [0.1, 0.15) is 6.92 Å². The number of sulfone groups is 1. The van der Waals surface area contributed by atoms with Crippen molar-refractivity contribution in [1.82, 2.24) is 0 Å². The first-order valence-corrected chi connectivity index (χ1v) is 5.58. The van der Waals surface area contributed by atoms with Gasteiger partial charge in [0, 0.05) is 0 Å². The van der Waals surface area contributed by atoms with Crippen molar-refractivity contribution in [3.05, 3.63) is 24.3 Å². The SMILES string of the molecule is CCOc1ccc(S(=O)(=O)C=O)cc1. The zero-order valence-electron chi connectivity index (χ0n) is 7.64. The van der Waals surface area contributed by atoms with Crippen LogP contribution in [0.25, 0.3) is 0 Å². The number of carbonyl (C=O) groups is 1. The fourth-order valence-corrected chi connectivity index (χ4v) is 1.57. The van der Waals surface area contributed by atoms with Gasteiger partial charge in [0.25, 0.3) is 0 Å². The largest absolute Gasteiger partial charge is 0.494 e. The maximum absolute atomic E-state index is 11.1. The van der Waals surface area contributed by atoms with Crippen molar-refractivity contribution in [3.8, 4) is 5.75 Å². The van der Waals surface area contributed by atoms with Crippen molar-refractivity contribution in [2.45, 2.75) is 11.8 Å². The summed E-state index contributed by atoms with van der Waals surface area (Å²) >= 11 is 0. The Morgan fingerprint density at radius 1 is 1.29 bits per heavy atom. The minimum Gasteiger partial charge on any atom is -0.494 e. The third-order valence-corrected chi connectivity index (χ3v) is 2.77. The van der Waals surface area contributed by atoms with Gasteiger partial charge in [0.05, 0.1) is 11.5 Å². The summed E-state index contributed by atoms with van der Waals surface area (Å²) in [4.78, 5) is 10.2. The lowest BCUT2D eigenvalue weighted by Gasteiger charge is -2.02. The highest BCUT2D eigenvalue weighted by molar-refractivity contribution is 8.04. The first kappa shape index (κ1) is 10.7. The van der Waals surface area contributed by atoms with Crippen molar-refractivity contribution >= 4 is 15.5 Å². The summed E-state index contributed by atoms with van der Waals surface area (Å²) in [5.41, 5.74) is -0.0668.